The molecule has 0 saturated heterocycles. The fourth-order valence-corrected chi connectivity index (χ4v) is 4.21. The highest BCUT2D eigenvalue weighted by Crippen LogP contribution is 2.30. The molecule has 1 aromatic carbocycles. The van der Waals surface area contributed by atoms with E-state index in [0.29, 0.717) is 28.1 Å². The number of carbonyl (C=O) groups is 3. The van der Waals surface area contributed by atoms with Gasteiger partial charge in [-0.2, -0.15) is 0 Å². The second kappa shape index (κ2) is 9.37. The first kappa shape index (κ1) is 22.6. The molecule has 0 unspecified atom stereocenters. The molecule has 7 heteroatoms. The second-order valence-electron chi connectivity index (χ2n) is 8.23. The third-order valence-corrected chi connectivity index (χ3v) is 5.54. The van der Waals surface area contributed by atoms with Crippen molar-refractivity contribution in [3.05, 3.63) is 51.8 Å². The van der Waals surface area contributed by atoms with E-state index < -0.39 is 5.97 Å². The molecular weight excluding hydrogens is 394 g/mol. The van der Waals surface area contributed by atoms with Crippen LogP contribution in [0.5, 0.6) is 0 Å². The number of nitrogens with zero attached hydrogens (tertiary/aromatic N) is 1. The molecule has 0 bridgehead atoms. The van der Waals surface area contributed by atoms with Gasteiger partial charge in [0.25, 0.3) is 5.91 Å². The van der Waals surface area contributed by atoms with Gasteiger partial charge in [0.05, 0.1) is 24.4 Å². The predicted molar refractivity (Wildman–Crippen MR) is 120 cm³/mol. The minimum Gasteiger partial charge on any atom is -0.462 e. The van der Waals surface area contributed by atoms with Crippen LogP contribution in [0.1, 0.15) is 75.2 Å². The topological polar surface area (TPSA) is 91.5 Å². The number of amides is 1. The van der Waals surface area contributed by atoms with Crippen LogP contribution in [-0.2, 0) is 11.2 Å². The molecule has 31 heavy (non-hydrogen) atoms. The van der Waals surface area contributed by atoms with Crippen molar-refractivity contribution in [3.8, 4) is 0 Å². The third-order valence-electron chi connectivity index (χ3n) is 5.54. The van der Waals surface area contributed by atoms with Gasteiger partial charge in [-0.3, -0.25) is 9.59 Å². The summed E-state index contributed by atoms with van der Waals surface area (Å²) in [7, 11) is 0. The summed E-state index contributed by atoms with van der Waals surface area (Å²) in [4.78, 5) is 43.1. The van der Waals surface area contributed by atoms with E-state index in [9.17, 15) is 14.4 Å². The molecule has 1 aromatic heterocycles. The molecule has 166 valence electrons. The summed E-state index contributed by atoms with van der Waals surface area (Å²) in [6.45, 7) is 10.3. The summed E-state index contributed by atoms with van der Waals surface area (Å²) in [5, 5.41) is 2.95. The number of ketones is 1. The molecule has 0 radical (unpaired) electrons. The molecule has 3 rings (SSSR count). The van der Waals surface area contributed by atoms with Crippen molar-refractivity contribution in [2.75, 3.05) is 24.6 Å². The molecule has 0 saturated carbocycles. The molecule has 0 aliphatic carbocycles. The van der Waals surface area contributed by atoms with Crippen molar-refractivity contribution < 1.29 is 19.1 Å². The Morgan fingerprint density at radius 2 is 1.97 bits per heavy atom. The lowest BCUT2D eigenvalue weighted by Gasteiger charge is -2.32. The highest BCUT2D eigenvalue weighted by Gasteiger charge is 2.27. The van der Waals surface area contributed by atoms with E-state index in [2.05, 4.69) is 10.3 Å². The normalized spacial score (nSPS) is 13.2. The van der Waals surface area contributed by atoms with Crippen molar-refractivity contribution in [1.82, 2.24) is 10.3 Å². The van der Waals surface area contributed by atoms with Crippen LogP contribution in [-0.4, -0.2) is 48.4 Å². The Morgan fingerprint density at radius 3 is 2.65 bits per heavy atom. The molecule has 2 heterocycles. The predicted octanol–water partition coefficient (Wildman–Crippen LogP) is 3.58. The number of aromatic nitrogens is 1. The van der Waals surface area contributed by atoms with Gasteiger partial charge < -0.3 is 19.9 Å². The van der Waals surface area contributed by atoms with Crippen molar-refractivity contribution in [2.24, 2.45) is 0 Å². The van der Waals surface area contributed by atoms with Crippen molar-refractivity contribution >= 4 is 23.3 Å². The lowest BCUT2D eigenvalue weighted by molar-refractivity contribution is 0.0524. The number of ether oxygens (including phenoxy) is 1. The molecule has 1 amide bonds. The molecule has 2 N–H and O–H groups in total. The smallest absolute Gasteiger partial charge is 0.340 e. The number of aromatic amines is 1. The van der Waals surface area contributed by atoms with Gasteiger partial charge in [0.1, 0.15) is 0 Å². The van der Waals surface area contributed by atoms with E-state index in [1.807, 2.05) is 36.9 Å². The number of fused-ring (bicyclic) bond motifs is 1. The maximum Gasteiger partial charge on any atom is 0.340 e. The number of Topliss-reactive ketones (excluding diaryl/α,β-unsaturated/α-hetero) is 1. The second-order valence-corrected chi connectivity index (χ2v) is 8.23. The van der Waals surface area contributed by atoms with Crippen LogP contribution in [0.15, 0.2) is 18.2 Å². The van der Waals surface area contributed by atoms with E-state index in [1.54, 1.807) is 20.8 Å². The molecule has 0 atom stereocenters. The van der Waals surface area contributed by atoms with Crippen LogP contribution in [0.3, 0.4) is 0 Å². The Morgan fingerprint density at radius 1 is 1.23 bits per heavy atom. The maximum atomic E-state index is 13.1. The van der Waals surface area contributed by atoms with Gasteiger partial charge in [-0.1, -0.05) is 6.07 Å². The van der Waals surface area contributed by atoms with Gasteiger partial charge in [0.15, 0.2) is 5.78 Å². The van der Waals surface area contributed by atoms with Gasteiger partial charge in [-0.05, 0) is 70.7 Å². The highest BCUT2D eigenvalue weighted by molar-refractivity contribution is 6.04. The van der Waals surface area contributed by atoms with E-state index in [-0.39, 0.29) is 30.9 Å². The molecule has 0 fully saturated rings. The average molecular weight is 426 g/mol. The number of benzene rings is 1. The van der Waals surface area contributed by atoms with Crippen molar-refractivity contribution in [1.29, 1.82) is 0 Å². The SMILES string of the molecule is CCOC(=O)c1c(C)[nH]c(C(=O)CN2CCCc3c(C(=O)NC(C)C)cccc32)c1C. The number of rotatable bonds is 7. The Labute approximate surface area is 183 Å². The number of anilines is 1. The lowest BCUT2D eigenvalue weighted by Crippen LogP contribution is -2.36. The van der Waals surface area contributed by atoms with Crippen LogP contribution in [0.4, 0.5) is 5.69 Å². The number of aryl methyl sites for hydroxylation is 1. The molecular formula is C24H31N3O4. The average Bonchev–Trinajstić information content (AvgIpc) is 3.01. The largest absolute Gasteiger partial charge is 0.462 e. The molecule has 2 aromatic rings. The number of esters is 1. The van der Waals surface area contributed by atoms with Crippen LogP contribution >= 0.6 is 0 Å². The minimum atomic E-state index is -0.420. The highest BCUT2D eigenvalue weighted by atomic mass is 16.5. The number of nitrogens with one attached hydrogen (secondary N) is 2. The third kappa shape index (κ3) is 4.65. The number of H-pyrrole nitrogens is 1. The Balaban J connectivity index is 1.86. The summed E-state index contributed by atoms with van der Waals surface area (Å²) < 4.78 is 5.12. The number of hydrogen-bond donors (Lipinski definition) is 2. The van der Waals surface area contributed by atoms with Crippen LogP contribution < -0.4 is 10.2 Å². The van der Waals surface area contributed by atoms with E-state index in [1.165, 1.54) is 0 Å². The lowest BCUT2D eigenvalue weighted by atomic mass is 9.95. The summed E-state index contributed by atoms with van der Waals surface area (Å²) in [6, 6.07) is 5.72. The quantitative estimate of drug-likeness (QED) is 0.523. The van der Waals surface area contributed by atoms with Gasteiger partial charge in [0.2, 0.25) is 0 Å². The molecule has 1 aliphatic heterocycles. The van der Waals surface area contributed by atoms with Gasteiger partial charge in [0, 0.05) is 29.5 Å². The molecule has 1 aliphatic rings. The summed E-state index contributed by atoms with van der Waals surface area (Å²) >= 11 is 0. The van der Waals surface area contributed by atoms with Crippen LogP contribution in [0, 0.1) is 13.8 Å². The number of carbonyl (C=O) groups excluding carboxylic acids is 3. The monoisotopic (exact) mass is 425 g/mol. The Kier molecular flexibility index (Phi) is 6.83. The van der Waals surface area contributed by atoms with Gasteiger partial charge in [-0.25, -0.2) is 4.79 Å². The standard InChI is InChI=1S/C24H31N3O4/c1-6-31-24(30)21-15(4)22(26-16(21)5)20(28)13-27-12-8-10-17-18(9-7-11-19(17)27)23(29)25-14(2)3/h7,9,11,14,26H,6,8,10,12-13H2,1-5H3,(H,25,29). The van der Waals surface area contributed by atoms with Crippen LogP contribution in [0.2, 0.25) is 0 Å². The van der Waals surface area contributed by atoms with Gasteiger partial charge in [-0.15, -0.1) is 0 Å². The maximum absolute atomic E-state index is 13.1. The van der Waals surface area contributed by atoms with E-state index in [4.69, 9.17) is 4.74 Å². The fourth-order valence-electron chi connectivity index (χ4n) is 4.21. The van der Waals surface area contributed by atoms with E-state index in [0.717, 1.165) is 30.6 Å². The zero-order chi connectivity index (χ0) is 22.7. The minimum absolute atomic E-state index is 0.0531. The summed E-state index contributed by atoms with van der Waals surface area (Å²) in [5.41, 5.74) is 4.67. The fraction of sp³-hybridized carbons (Fsp3) is 0.458. The zero-order valence-corrected chi connectivity index (χ0v) is 18.9. The Bertz CT molecular complexity index is 1010. The summed E-state index contributed by atoms with van der Waals surface area (Å²) in [5.74, 6) is -0.604. The first-order valence-electron chi connectivity index (χ1n) is 10.8. The first-order valence-corrected chi connectivity index (χ1v) is 10.8. The number of hydrogen-bond acceptors (Lipinski definition) is 5. The van der Waals surface area contributed by atoms with Crippen LogP contribution in [0.25, 0.3) is 0 Å². The summed E-state index contributed by atoms with van der Waals surface area (Å²) in [6.07, 6.45) is 1.67. The Hall–Kier alpha value is -3.09. The van der Waals surface area contributed by atoms with Gasteiger partial charge >= 0.3 is 5.97 Å². The van der Waals surface area contributed by atoms with Crippen molar-refractivity contribution in [3.63, 3.8) is 0 Å². The van der Waals surface area contributed by atoms with E-state index >= 15 is 0 Å². The van der Waals surface area contributed by atoms with Crippen molar-refractivity contribution in [2.45, 2.75) is 53.5 Å². The molecule has 0 spiro atoms. The zero-order valence-electron chi connectivity index (χ0n) is 18.9. The first-order chi connectivity index (χ1) is 14.7. The molecule has 7 nitrogen and oxygen atoms in total.